The van der Waals surface area contributed by atoms with Gasteiger partial charge in [0.2, 0.25) is 0 Å². The molecule has 1 amide bonds. The number of hydrogen-bond donors (Lipinski definition) is 1. The van der Waals surface area contributed by atoms with Crippen LogP contribution in [0.4, 0.5) is 5.82 Å². The maximum atomic E-state index is 12.5. The molecule has 0 saturated carbocycles. The molecule has 0 radical (unpaired) electrons. The number of thioether (sulfide) groups is 1. The van der Waals surface area contributed by atoms with Gasteiger partial charge in [0.05, 0.1) is 11.3 Å². The van der Waals surface area contributed by atoms with E-state index < -0.39 is 18.5 Å². The highest BCUT2D eigenvalue weighted by Crippen LogP contribution is 2.29. The van der Waals surface area contributed by atoms with Gasteiger partial charge in [0, 0.05) is 21.3 Å². The lowest BCUT2D eigenvalue weighted by molar-refractivity contribution is -0.144. The zero-order valence-corrected chi connectivity index (χ0v) is 18.6. The number of ether oxygens (including phenoxy) is 1. The Morgan fingerprint density at radius 2 is 1.81 bits per heavy atom. The highest BCUT2D eigenvalue weighted by molar-refractivity contribution is 8.00. The standard InChI is InChI=1S/C23H20ClN3O3S/c1-15-16(2)27(18-6-4-3-5-7-18)23(20(15)12-25)26-21(28)13-30-22(29)14-31-19-10-8-17(24)9-11-19/h3-11H,13-14H2,1-2H3,(H,26,28). The molecule has 3 rings (SSSR count). The predicted octanol–water partition coefficient (Wildman–Crippen LogP) is 4.89. The molecular formula is C23H20ClN3O3S. The van der Waals surface area contributed by atoms with Gasteiger partial charge in [0.25, 0.3) is 5.91 Å². The van der Waals surface area contributed by atoms with Gasteiger partial charge in [-0.2, -0.15) is 5.26 Å². The van der Waals surface area contributed by atoms with Gasteiger partial charge in [0.1, 0.15) is 11.9 Å². The average molecular weight is 454 g/mol. The van der Waals surface area contributed by atoms with Gasteiger partial charge < -0.3 is 10.1 Å². The maximum Gasteiger partial charge on any atom is 0.316 e. The molecule has 0 atom stereocenters. The van der Waals surface area contributed by atoms with Crippen molar-refractivity contribution in [2.24, 2.45) is 0 Å². The first-order valence-corrected chi connectivity index (χ1v) is 10.8. The highest BCUT2D eigenvalue weighted by Gasteiger charge is 2.21. The van der Waals surface area contributed by atoms with Gasteiger partial charge in [-0.25, -0.2) is 0 Å². The van der Waals surface area contributed by atoms with Gasteiger partial charge in [-0.05, 0) is 55.8 Å². The van der Waals surface area contributed by atoms with Crippen LogP contribution in [0, 0.1) is 25.2 Å². The molecule has 6 nitrogen and oxygen atoms in total. The van der Waals surface area contributed by atoms with Crippen molar-refractivity contribution >= 4 is 41.1 Å². The molecule has 0 aliphatic carbocycles. The van der Waals surface area contributed by atoms with Crippen molar-refractivity contribution in [2.75, 3.05) is 17.7 Å². The summed E-state index contributed by atoms with van der Waals surface area (Å²) >= 11 is 7.13. The van der Waals surface area contributed by atoms with Crippen molar-refractivity contribution in [2.45, 2.75) is 18.7 Å². The number of benzene rings is 2. The quantitative estimate of drug-likeness (QED) is 0.406. The number of hydrogen-bond acceptors (Lipinski definition) is 5. The Morgan fingerprint density at radius 3 is 2.45 bits per heavy atom. The molecule has 3 aromatic rings. The van der Waals surface area contributed by atoms with Crippen molar-refractivity contribution in [3.05, 3.63) is 76.4 Å². The molecule has 1 aromatic heterocycles. The Kier molecular flexibility index (Phi) is 7.40. The second-order valence-electron chi connectivity index (χ2n) is 6.67. The van der Waals surface area contributed by atoms with Crippen LogP contribution in [0.3, 0.4) is 0 Å². The minimum atomic E-state index is -0.518. The second-order valence-corrected chi connectivity index (χ2v) is 8.15. The third kappa shape index (κ3) is 5.48. The van der Waals surface area contributed by atoms with E-state index in [0.29, 0.717) is 16.4 Å². The van der Waals surface area contributed by atoms with Crippen LogP contribution in [0.15, 0.2) is 59.5 Å². The van der Waals surface area contributed by atoms with Crippen LogP contribution in [0.2, 0.25) is 5.02 Å². The van der Waals surface area contributed by atoms with Crippen LogP contribution in [0.25, 0.3) is 5.69 Å². The zero-order chi connectivity index (χ0) is 22.4. The first-order valence-electron chi connectivity index (χ1n) is 9.42. The summed E-state index contributed by atoms with van der Waals surface area (Å²) in [5.74, 6) is -0.602. The van der Waals surface area contributed by atoms with E-state index in [1.165, 1.54) is 11.8 Å². The molecule has 8 heteroatoms. The Morgan fingerprint density at radius 1 is 1.13 bits per heavy atom. The highest BCUT2D eigenvalue weighted by atomic mass is 35.5. The summed E-state index contributed by atoms with van der Waals surface area (Å²) in [6, 6.07) is 18.7. The molecular weight excluding hydrogens is 434 g/mol. The minimum absolute atomic E-state index is 0.0664. The van der Waals surface area contributed by atoms with E-state index in [1.54, 1.807) is 24.3 Å². The summed E-state index contributed by atoms with van der Waals surface area (Å²) < 4.78 is 6.90. The summed E-state index contributed by atoms with van der Waals surface area (Å²) in [5, 5.41) is 12.9. The Hall–Kier alpha value is -3.21. The Labute approximate surface area is 189 Å². The monoisotopic (exact) mass is 453 g/mol. The fraction of sp³-hybridized carbons (Fsp3) is 0.174. The van der Waals surface area contributed by atoms with E-state index in [2.05, 4.69) is 11.4 Å². The first kappa shape index (κ1) is 22.5. The van der Waals surface area contributed by atoms with E-state index in [-0.39, 0.29) is 5.75 Å². The van der Waals surface area contributed by atoms with Gasteiger partial charge in [0.15, 0.2) is 6.61 Å². The normalized spacial score (nSPS) is 10.4. The summed E-state index contributed by atoms with van der Waals surface area (Å²) in [6.07, 6.45) is 0. The molecule has 0 unspecified atom stereocenters. The van der Waals surface area contributed by atoms with Crippen LogP contribution >= 0.6 is 23.4 Å². The molecule has 0 aliphatic rings. The van der Waals surface area contributed by atoms with E-state index in [0.717, 1.165) is 21.8 Å². The van der Waals surface area contributed by atoms with Crippen molar-refractivity contribution in [3.63, 3.8) is 0 Å². The van der Waals surface area contributed by atoms with Gasteiger partial charge in [-0.15, -0.1) is 11.8 Å². The number of nitrogens with zero attached hydrogens (tertiary/aromatic N) is 2. The van der Waals surface area contributed by atoms with Gasteiger partial charge in [-0.1, -0.05) is 29.8 Å². The van der Waals surface area contributed by atoms with Crippen molar-refractivity contribution in [1.82, 2.24) is 4.57 Å². The molecule has 0 saturated heterocycles. The summed E-state index contributed by atoms with van der Waals surface area (Å²) in [7, 11) is 0. The number of rotatable bonds is 7. The van der Waals surface area contributed by atoms with Crippen LogP contribution in [-0.4, -0.2) is 28.8 Å². The second kappa shape index (κ2) is 10.2. The number of esters is 1. The van der Waals surface area contributed by atoms with Gasteiger partial charge in [-0.3, -0.25) is 14.2 Å². The Balaban J connectivity index is 1.65. The number of halogens is 1. The third-order valence-electron chi connectivity index (χ3n) is 4.63. The lowest BCUT2D eigenvalue weighted by Crippen LogP contribution is -2.23. The van der Waals surface area contributed by atoms with E-state index >= 15 is 0 Å². The molecule has 0 spiro atoms. The number of anilines is 1. The first-order chi connectivity index (χ1) is 14.9. The molecule has 1 heterocycles. The lowest BCUT2D eigenvalue weighted by Gasteiger charge is -2.13. The molecule has 2 aromatic carbocycles. The molecule has 0 fully saturated rings. The lowest BCUT2D eigenvalue weighted by atomic mass is 10.2. The molecule has 158 valence electrons. The fourth-order valence-corrected chi connectivity index (χ4v) is 3.81. The van der Waals surface area contributed by atoms with Crippen LogP contribution in [0.5, 0.6) is 0 Å². The molecule has 0 aliphatic heterocycles. The third-order valence-corrected chi connectivity index (χ3v) is 5.87. The smallest absolute Gasteiger partial charge is 0.316 e. The predicted molar refractivity (Wildman–Crippen MR) is 122 cm³/mol. The van der Waals surface area contributed by atoms with E-state index in [1.807, 2.05) is 48.7 Å². The van der Waals surface area contributed by atoms with Crippen molar-refractivity contribution in [1.29, 1.82) is 5.26 Å². The fourth-order valence-electron chi connectivity index (χ4n) is 2.99. The summed E-state index contributed by atoms with van der Waals surface area (Å²) in [6.45, 7) is 3.27. The van der Waals surface area contributed by atoms with E-state index in [4.69, 9.17) is 16.3 Å². The topological polar surface area (TPSA) is 84.1 Å². The number of nitrogens with one attached hydrogen (secondary N) is 1. The number of para-hydroxylation sites is 1. The summed E-state index contributed by atoms with van der Waals surface area (Å²) in [4.78, 5) is 25.3. The van der Waals surface area contributed by atoms with Crippen LogP contribution in [0.1, 0.15) is 16.8 Å². The SMILES string of the molecule is Cc1c(C#N)c(NC(=O)COC(=O)CSc2ccc(Cl)cc2)n(-c2ccccc2)c1C. The van der Waals surface area contributed by atoms with Crippen molar-refractivity contribution in [3.8, 4) is 11.8 Å². The number of carbonyl (C=O) groups excluding carboxylic acids is 2. The molecule has 1 N–H and O–H groups in total. The van der Waals surface area contributed by atoms with E-state index in [9.17, 15) is 14.9 Å². The number of aromatic nitrogens is 1. The number of carbonyl (C=O) groups is 2. The summed E-state index contributed by atoms with van der Waals surface area (Å²) in [5.41, 5.74) is 2.81. The number of amides is 1. The molecule has 31 heavy (non-hydrogen) atoms. The average Bonchev–Trinajstić information content (AvgIpc) is 3.01. The Bertz CT molecular complexity index is 1140. The van der Waals surface area contributed by atoms with Crippen molar-refractivity contribution < 1.29 is 14.3 Å². The van der Waals surface area contributed by atoms with Crippen LogP contribution < -0.4 is 5.32 Å². The minimum Gasteiger partial charge on any atom is -0.455 e. The zero-order valence-electron chi connectivity index (χ0n) is 17.0. The maximum absolute atomic E-state index is 12.5. The van der Waals surface area contributed by atoms with Gasteiger partial charge >= 0.3 is 5.97 Å². The number of nitriles is 1. The molecule has 0 bridgehead atoms. The van der Waals surface area contributed by atoms with Crippen LogP contribution in [-0.2, 0) is 14.3 Å². The largest absolute Gasteiger partial charge is 0.455 e.